The zero-order valence-electron chi connectivity index (χ0n) is 11.9. The van der Waals surface area contributed by atoms with Gasteiger partial charge in [-0.3, -0.25) is 4.98 Å². The molecule has 0 unspecified atom stereocenters. The van der Waals surface area contributed by atoms with Gasteiger partial charge in [-0.2, -0.15) is 0 Å². The second-order valence-corrected chi connectivity index (χ2v) is 4.17. The molecule has 0 aliphatic heterocycles. The predicted molar refractivity (Wildman–Crippen MR) is 74.8 cm³/mol. The van der Waals surface area contributed by atoms with Gasteiger partial charge >= 0.3 is 23.9 Å². The van der Waals surface area contributed by atoms with Crippen molar-refractivity contribution in [2.45, 2.75) is 6.54 Å². The van der Waals surface area contributed by atoms with Crippen molar-refractivity contribution >= 4 is 23.9 Å². The van der Waals surface area contributed by atoms with E-state index in [9.17, 15) is 9.59 Å². The molecule has 0 bridgehead atoms. The average molecular weight is 337 g/mol. The number of aliphatic carboxylic acids is 2. The van der Waals surface area contributed by atoms with Gasteiger partial charge in [0, 0.05) is 18.6 Å². The van der Waals surface area contributed by atoms with Crippen molar-refractivity contribution in [2.24, 2.45) is 0 Å². The third-order valence-corrected chi connectivity index (χ3v) is 2.52. The molecule has 4 N–H and O–H groups in total. The predicted octanol–water partition coefficient (Wildman–Crippen LogP) is -0.122. The minimum absolute atomic E-state index is 0.122. The van der Waals surface area contributed by atoms with E-state index < -0.39 is 23.9 Å². The van der Waals surface area contributed by atoms with Gasteiger partial charge in [0.25, 0.3) is 0 Å². The number of carbonyl (C=O) groups is 4. The Bertz CT molecular complexity index is 758. The molecule has 11 heteroatoms. The van der Waals surface area contributed by atoms with Crippen LogP contribution in [0, 0.1) is 0 Å². The molecule has 0 saturated carbocycles. The number of aromatic carboxylic acids is 2. The molecular weight excluding hydrogens is 326 g/mol. The highest BCUT2D eigenvalue weighted by Gasteiger charge is 2.15. The fraction of sp³-hybridized carbons (Fsp3) is 0.0769. The van der Waals surface area contributed by atoms with Gasteiger partial charge in [0.1, 0.15) is 0 Å². The Kier molecular flexibility index (Phi) is 6.12. The van der Waals surface area contributed by atoms with Gasteiger partial charge in [0.2, 0.25) is 0 Å². The standard InChI is InChI=1S/C11H9N3O4.C2H2O4/c15-10(16)7-3-8(11(17)18)9(13-4-7)5-14-2-1-12-6-14;3-1(4)2(5)6/h1-4,6H,5H2,(H,15,16)(H,17,18);(H,3,4)(H,5,6). The van der Waals surface area contributed by atoms with Crippen LogP contribution in [0.25, 0.3) is 0 Å². The van der Waals surface area contributed by atoms with Gasteiger partial charge in [-0.25, -0.2) is 24.2 Å². The van der Waals surface area contributed by atoms with Crippen molar-refractivity contribution in [3.63, 3.8) is 0 Å². The first-order valence-electron chi connectivity index (χ1n) is 6.09. The van der Waals surface area contributed by atoms with Gasteiger partial charge in [-0.05, 0) is 6.07 Å². The summed E-state index contributed by atoms with van der Waals surface area (Å²) in [4.78, 5) is 47.7. The second-order valence-electron chi connectivity index (χ2n) is 4.17. The summed E-state index contributed by atoms with van der Waals surface area (Å²) < 4.78 is 1.65. The second kappa shape index (κ2) is 8.03. The lowest BCUT2D eigenvalue weighted by Crippen LogP contribution is -2.11. The average Bonchev–Trinajstić information content (AvgIpc) is 3.00. The maximum absolute atomic E-state index is 11.1. The molecule has 0 atom stereocenters. The minimum atomic E-state index is -1.82. The lowest BCUT2D eigenvalue weighted by molar-refractivity contribution is -0.159. The van der Waals surface area contributed by atoms with Crippen LogP contribution in [0.1, 0.15) is 26.4 Å². The normalized spacial score (nSPS) is 9.50. The van der Waals surface area contributed by atoms with Crippen molar-refractivity contribution in [2.75, 3.05) is 0 Å². The molecule has 2 heterocycles. The fourth-order valence-corrected chi connectivity index (χ4v) is 1.47. The molecule has 0 radical (unpaired) electrons. The molecule has 2 aromatic heterocycles. The zero-order valence-corrected chi connectivity index (χ0v) is 11.9. The number of hydrogen-bond donors (Lipinski definition) is 4. The topological polar surface area (TPSA) is 180 Å². The van der Waals surface area contributed by atoms with Crippen LogP contribution >= 0.6 is 0 Å². The highest BCUT2D eigenvalue weighted by atomic mass is 16.4. The van der Waals surface area contributed by atoms with Crippen LogP contribution in [0.4, 0.5) is 0 Å². The summed E-state index contributed by atoms with van der Waals surface area (Å²) in [6.45, 7) is 0.224. The zero-order chi connectivity index (χ0) is 18.3. The smallest absolute Gasteiger partial charge is 0.414 e. The first kappa shape index (κ1) is 18.3. The van der Waals surface area contributed by atoms with Crippen LogP contribution in [0.2, 0.25) is 0 Å². The summed E-state index contributed by atoms with van der Waals surface area (Å²) in [7, 11) is 0. The van der Waals surface area contributed by atoms with Crippen LogP contribution in [0.15, 0.2) is 31.0 Å². The van der Waals surface area contributed by atoms with Crippen LogP contribution < -0.4 is 0 Å². The number of carboxylic acid groups (broad SMARTS) is 4. The number of carboxylic acids is 4. The molecule has 0 spiro atoms. The van der Waals surface area contributed by atoms with Crippen molar-refractivity contribution in [3.05, 3.63) is 47.8 Å². The molecule has 0 fully saturated rings. The van der Waals surface area contributed by atoms with E-state index in [1.54, 1.807) is 17.0 Å². The SMILES string of the molecule is O=C(O)C(=O)O.O=C(O)c1cnc(Cn2ccnc2)c(C(=O)O)c1. The quantitative estimate of drug-likeness (QED) is 0.549. The number of imidazole rings is 1. The van der Waals surface area contributed by atoms with Crippen LogP contribution in [-0.2, 0) is 16.1 Å². The number of nitrogens with zero attached hydrogens (tertiary/aromatic N) is 3. The van der Waals surface area contributed by atoms with Crippen molar-refractivity contribution in [1.29, 1.82) is 0 Å². The van der Waals surface area contributed by atoms with E-state index in [-0.39, 0.29) is 23.4 Å². The maximum atomic E-state index is 11.1. The molecule has 11 nitrogen and oxygen atoms in total. The molecule has 0 saturated heterocycles. The summed E-state index contributed by atoms with van der Waals surface area (Å²) in [6, 6.07) is 1.10. The third-order valence-electron chi connectivity index (χ3n) is 2.52. The summed E-state index contributed by atoms with van der Waals surface area (Å²) >= 11 is 0. The molecule has 2 rings (SSSR count). The van der Waals surface area contributed by atoms with E-state index in [1.165, 1.54) is 6.33 Å². The highest BCUT2D eigenvalue weighted by molar-refractivity contribution is 6.27. The molecule has 0 aliphatic rings. The molecule has 0 aromatic carbocycles. The van der Waals surface area contributed by atoms with Crippen LogP contribution in [-0.4, -0.2) is 58.8 Å². The van der Waals surface area contributed by atoms with Crippen molar-refractivity contribution in [1.82, 2.24) is 14.5 Å². The first-order chi connectivity index (χ1) is 11.2. The van der Waals surface area contributed by atoms with E-state index >= 15 is 0 Å². The van der Waals surface area contributed by atoms with Gasteiger partial charge in [-0.1, -0.05) is 0 Å². The molecule has 24 heavy (non-hydrogen) atoms. The molecule has 0 amide bonds. The Labute approximate surface area is 133 Å². The maximum Gasteiger partial charge on any atom is 0.414 e. The van der Waals surface area contributed by atoms with E-state index in [0.29, 0.717) is 0 Å². The number of hydrogen-bond acceptors (Lipinski definition) is 6. The van der Waals surface area contributed by atoms with E-state index in [4.69, 9.17) is 30.0 Å². The summed E-state index contributed by atoms with van der Waals surface area (Å²) in [6.07, 6.45) is 5.89. The number of pyridine rings is 1. The highest BCUT2D eigenvalue weighted by Crippen LogP contribution is 2.11. The Morgan fingerprint density at radius 3 is 2.04 bits per heavy atom. The Morgan fingerprint density at radius 2 is 1.62 bits per heavy atom. The van der Waals surface area contributed by atoms with E-state index in [1.807, 2.05) is 0 Å². The first-order valence-corrected chi connectivity index (χ1v) is 6.09. The largest absolute Gasteiger partial charge is 0.478 e. The molecule has 2 aromatic rings. The van der Waals surface area contributed by atoms with Crippen molar-refractivity contribution < 1.29 is 39.6 Å². The molecule has 0 aliphatic carbocycles. The fourth-order valence-electron chi connectivity index (χ4n) is 1.47. The van der Waals surface area contributed by atoms with Gasteiger partial charge in [0.05, 0.1) is 29.7 Å². The number of rotatable bonds is 4. The Hall–Kier alpha value is -3.76. The van der Waals surface area contributed by atoms with Crippen molar-refractivity contribution in [3.8, 4) is 0 Å². The van der Waals surface area contributed by atoms with E-state index in [2.05, 4.69) is 9.97 Å². The molecular formula is C13H11N3O8. The van der Waals surface area contributed by atoms with E-state index in [0.717, 1.165) is 12.3 Å². The van der Waals surface area contributed by atoms with Crippen LogP contribution in [0.3, 0.4) is 0 Å². The Balaban J connectivity index is 0.000000413. The number of aromatic nitrogens is 3. The lowest BCUT2D eigenvalue weighted by Gasteiger charge is -2.06. The summed E-state index contributed by atoms with van der Waals surface area (Å²) in [5.41, 5.74) is 0.0101. The Morgan fingerprint density at radius 1 is 1.00 bits per heavy atom. The van der Waals surface area contributed by atoms with Gasteiger partial charge in [0.15, 0.2) is 0 Å². The summed E-state index contributed by atoms with van der Waals surface area (Å²) in [5, 5.41) is 32.6. The monoisotopic (exact) mass is 337 g/mol. The molecule has 126 valence electrons. The third kappa shape index (κ3) is 5.22. The summed E-state index contributed by atoms with van der Waals surface area (Å²) in [5.74, 6) is -6.06. The van der Waals surface area contributed by atoms with Crippen LogP contribution in [0.5, 0.6) is 0 Å². The minimum Gasteiger partial charge on any atom is -0.478 e. The lowest BCUT2D eigenvalue weighted by atomic mass is 10.1. The van der Waals surface area contributed by atoms with Gasteiger partial charge < -0.3 is 25.0 Å². The van der Waals surface area contributed by atoms with Gasteiger partial charge in [-0.15, -0.1) is 0 Å².